The van der Waals surface area contributed by atoms with Crippen molar-refractivity contribution in [1.29, 1.82) is 0 Å². The Kier molecular flexibility index (Phi) is 5.60. The Hall–Kier alpha value is -1.78. The minimum absolute atomic E-state index is 0.0503. The maximum atomic E-state index is 12.0. The monoisotopic (exact) mass is 266 g/mol. The fourth-order valence-electron chi connectivity index (χ4n) is 2.02. The van der Waals surface area contributed by atoms with Gasteiger partial charge in [-0.3, -0.25) is 9.59 Å². The summed E-state index contributed by atoms with van der Waals surface area (Å²) in [5, 5.41) is 11.6. The minimum Gasteiger partial charge on any atom is -0.481 e. The topological polar surface area (TPSA) is 82.2 Å². The van der Waals surface area contributed by atoms with Gasteiger partial charge in [0.05, 0.1) is 6.42 Å². The van der Waals surface area contributed by atoms with E-state index in [0.717, 1.165) is 12.1 Å². The van der Waals surface area contributed by atoms with E-state index in [-0.39, 0.29) is 18.4 Å². The van der Waals surface area contributed by atoms with Crippen LogP contribution in [-0.2, 0) is 11.2 Å². The third-order valence-corrected chi connectivity index (χ3v) is 2.88. The molecule has 3 N–H and O–H groups in total. The van der Waals surface area contributed by atoms with Crippen molar-refractivity contribution in [2.45, 2.75) is 46.1 Å². The van der Waals surface area contributed by atoms with Gasteiger partial charge in [0.25, 0.3) is 5.91 Å². The van der Waals surface area contributed by atoms with Crippen molar-refractivity contribution in [3.05, 3.63) is 23.5 Å². The second-order valence-electron chi connectivity index (χ2n) is 5.15. The second kappa shape index (κ2) is 6.97. The van der Waals surface area contributed by atoms with E-state index in [4.69, 9.17) is 5.11 Å². The van der Waals surface area contributed by atoms with Crippen LogP contribution >= 0.6 is 0 Å². The van der Waals surface area contributed by atoms with E-state index in [0.29, 0.717) is 18.0 Å². The average Bonchev–Trinajstić information content (AvgIpc) is 2.75. The summed E-state index contributed by atoms with van der Waals surface area (Å²) in [7, 11) is 0. The Morgan fingerprint density at radius 3 is 2.53 bits per heavy atom. The first kappa shape index (κ1) is 15.3. The molecule has 0 unspecified atom stereocenters. The number of H-pyrrole nitrogens is 1. The largest absolute Gasteiger partial charge is 0.481 e. The zero-order valence-electron chi connectivity index (χ0n) is 11.7. The van der Waals surface area contributed by atoms with Gasteiger partial charge in [0, 0.05) is 11.7 Å². The van der Waals surface area contributed by atoms with Gasteiger partial charge in [-0.25, -0.2) is 0 Å². The predicted molar refractivity (Wildman–Crippen MR) is 73.1 cm³/mol. The van der Waals surface area contributed by atoms with E-state index < -0.39 is 5.97 Å². The molecule has 1 rings (SSSR count). The fourth-order valence-corrected chi connectivity index (χ4v) is 2.02. The number of amides is 1. The first-order valence-corrected chi connectivity index (χ1v) is 6.62. The SMILES string of the molecule is CCc1ccc(C(=O)N[C@H](CC(=O)O)CC(C)C)[nH]1. The molecule has 0 aromatic carbocycles. The molecular weight excluding hydrogens is 244 g/mol. The molecule has 5 nitrogen and oxygen atoms in total. The molecule has 0 aliphatic heterocycles. The van der Waals surface area contributed by atoms with Crippen LogP contribution in [0.4, 0.5) is 0 Å². The number of carboxylic acid groups (broad SMARTS) is 1. The minimum atomic E-state index is -0.897. The Bertz CT molecular complexity index is 438. The van der Waals surface area contributed by atoms with Crippen molar-refractivity contribution in [3.8, 4) is 0 Å². The highest BCUT2D eigenvalue weighted by Gasteiger charge is 2.18. The van der Waals surface area contributed by atoms with Crippen LogP contribution in [0.2, 0.25) is 0 Å². The summed E-state index contributed by atoms with van der Waals surface area (Å²) < 4.78 is 0. The van der Waals surface area contributed by atoms with Crippen LogP contribution in [0.1, 0.15) is 49.8 Å². The number of aryl methyl sites for hydroxylation is 1. The number of aliphatic carboxylic acids is 1. The van der Waals surface area contributed by atoms with E-state index in [1.807, 2.05) is 26.8 Å². The van der Waals surface area contributed by atoms with Gasteiger partial charge in [-0.15, -0.1) is 0 Å². The lowest BCUT2D eigenvalue weighted by Crippen LogP contribution is -2.37. The molecule has 0 saturated heterocycles. The van der Waals surface area contributed by atoms with E-state index in [2.05, 4.69) is 10.3 Å². The van der Waals surface area contributed by atoms with Gasteiger partial charge in [-0.05, 0) is 30.9 Å². The lowest BCUT2D eigenvalue weighted by Gasteiger charge is -2.18. The smallest absolute Gasteiger partial charge is 0.305 e. The summed E-state index contributed by atoms with van der Waals surface area (Å²) in [6.45, 7) is 6.01. The van der Waals surface area contributed by atoms with Gasteiger partial charge in [0.15, 0.2) is 0 Å². The average molecular weight is 266 g/mol. The number of aromatic nitrogens is 1. The summed E-state index contributed by atoms with van der Waals surface area (Å²) in [6, 6.07) is 3.25. The van der Waals surface area contributed by atoms with Crippen LogP contribution in [0, 0.1) is 5.92 Å². The Morgan fingerprint density at radius 2 is 2.05 bits per heavy atom. The van der Waals surface area contributed by atoms with Crippen LogP contribution < -0.4 is 5.32 Å². The molecule has 1 amide bonds. The molecule has 5 heteroatoms. The molecule has 0 aliphatic rings. The second-order valence-corrected chi connectivity index (χ2v) is 5.15. The van der Waals surface area contributed by atoms with Crippen LogP contribution in [0.3, 0.4) is 0 Å². The Morgan fingerprint density at radius 1 is 1.37 bits per heavy atom. The van der Waals surface area contributed by atoms with E-state index in [9.17, 15) is 9.59 Å². The van der Waals surface area contributed by atoms with Crippen LogP contribution in [0.15, 0.2) is 12.1 Å². The van der Waals surface area contributed by atoms with Gasteiger partial charge in [0.2, 0.25) is 0 Å². The maximum Gasteiger partial charge on any atom is 0.305 e. The standard InChI is InChI=1S/C14H22N2O3/c1-4-10-5-6-12(15-10)14(19)16-11(7-9(2)3)8-13(17)18/h5-6,9,11,15H,4,7-8H2,1-3H3,(H,16,19)(H,17,18)/t11-/m0/s1. The summed E-state index contributed by atoms with van der Waals surface area (Å²) in [6.07, 6.45) is 1.43. The van der Waals surface area contributed by atoms with Gasteiger partial charge < -0.3 is 15.4 Å². The molecule has 0 fully saturated rings. The molecule has 1 heterocycles. The molecule has 0 spiro atoms. The summed E-state index contributed by atoms with van der Waals surface area (Å²) in [4.78, 5) is 25.8. The Balaban J connectivity index is 2.66. The quantitative estimate of drug-likeness (QED) is 0.707. The summed E-state index contributed by atoms with van der Waals surface area (Å²) >= 11 is 0. The molecule has 0 bridgehead atoms. The van der Waals surface area contributed by atoms with Crippen molar-refractivity contribution < 1.29 is 14.7 Å². The third-order valence-electron chi connectivity index (χ3n) is 2.88. The first-order valence-electron chi connectivity index (χ1n) is 6.62. The third kappa shape index (κ3) is 5.16. The van der Waals surface area contributed by atoms with Gasteiger partial charge >= 0.3 is 5.97 Å². The van der Waals surface area contributed by atoms with E-state index >= 15 is 0 Å². The number of aromatic amines is 1. The molecular formula is C14H22N2O3. The lowest BCUT2D eigenvalue weighted by molar-refractivity contribution is -0.137. The molecule has 1 aromatic rings. The van der Waals surface area contributed by atoms with Crippen molar-refractivity contribution in [3.63, 3.8) is 0 Å². The molecule has 106 valence electrons. The number of carbonyl (C=O) groups is 2. The van der Waals surface area contributed by atoms with E-state index in [1.54, 1.807) is 6.07 Å². The highest BCUT2D eigenvalue weighted by Crippen LogP contribution is 2.10. The summed E-state index contributed by atoms with van der Waals surface area (Å²) in [5.41, 5.74) is 1.47. The number of rotatable bonds is 7. The summed E-state index contributed by atoms with van der Waals surface area (Å²) in [5.74, 6) is -0.808. The Labute approximate surface area is 113 Å². The lowest BCUT2D eigenvalue weighted by atomic mass is 10.0. The molecule has 0 radical (unpaired) electrons. The van der Waals surface area contributed by atoms with Crippen molar-refractivity contribution >= 4 is 11.9 Å². The van der Waals surface area contributed by atoms with Crippen molar-refractivity contribution in [2.24, 2.45) is 5.92 Å². The number of hydrogen-bond acceptors (Lipinski definition) is 2. The van der Waals surface area contributed by atoms with Crippen molar-refractivity contribution in [2.75, 3.05) is 0 Å². The van der Waals surface area contributed by atoms with Crippen LogP contribution in [0.25, 0.3) is 0 Å². The number of hydrogen-bond donors (Lipinski definition) is 3. The highest BCUT2D eigenvalue weighted by atomic mass is 16.4. The number of nitrogens with one attached hydrogen (secondary N) is 2. The van der Waals surface area contributed by atoms with E-state index in [1.165, 1.54) is 0 Å². The van der Waals surface area contributed by atoms with Crippen LogP contribution in [0.5, 0.6) is 0 Å². The highest BCUT2D eigenvalue weighted by molar-refractivity contribution is 5.93. The zero-order valence-corrected chi connectivity index (χ0v) is 11.7. The van der Waals surface area contributed by atoms with Gasteiger partial charge in [-0.2, -0.15) is 0 Å². The number of carboxylic acids is 1. The zero-order chi connectivity index (χ0) is 14.4. The normalized spacial score (nSPS) is 12.4. The first-order chi connectivity index (χ1) is 8.92. The molecule has 19 heavy (non-hydrogen) atoms. The molecule has 0 saturated carbocycles. The maximum absolute atomic E-state index is 12.0. The number of carbonyl (C=O) groups excluding carboxylic acids is 1. The van der Waals surface area contributed by atoms with Crippen LogP contribution in [-0.4, -0.2) is 28.0 Å². The van der Waals surface area contributed by atoms with Gasteiger partial charge in [0.1, 0.15) is 5.69 Å². The molecule has 1 atom stereocenters. The molecule has 0 aliphatic carbocycles. The van der Waals surface area contributed by atoms with Crippen molar-refractivity contribution in [1.82, 2.24) is 10.3 Å². The van der Waals surface area contributed by atoms with Gasteiger partial charge in [-0.1, -0.05) is 20.8 Å². The fraction of sp³-hybridized carbons (Fsp3) is 0.571. The molecule has 1 aromatic heterocycles. The predicted octanol–water partition coefficient (Wildman–Crippen LogP) is 2.20.